The molecule has 4 heterocycles. The fourth-order valence-corrected chi connectivity index (χ4v) is 4.44. The monoisotopic (exact) mass is 329 g/mol. The number of pyridine rings is 1. The molecule has 0 saturated carbocycles. The van der Waals surface area contributed by atoms with Gasteiger partial charge >= 0.3 is 0 Å². The van der Waals surface area contributed by atoms with Gasteiger partial charge in [-0.25, -0.2) is 4.98 Å². The molecule has 0 bridgehead atoms. The van der Waals surface area contributed by atoms with Crippen molar-refractivity contribution in [1.29, 1.82) is 0 Å². The van der Waals surface area contributed by atoms with Gasteiger partial charge in [0.05, 0.1) is 13.2 Å². The molecule has 5 heteroatoms. The van der Waals surface area contributed by atoms with Crippen LogP contribution >= 0.6 is 11.3 Å². The van der Waals surface area contributed by atoms with Gasteiger partial charge in [-0.3, -0.25) is 4.90 Å². The minimum absolute atomic E-state index is 0.240. The Labute approximate surface area is 141 Å². The molecule has 0 radical (unpaired) electrons. The average molecular weight is 329 g/mol. The molecule has 2 fully saturated rings. The molecular formula is C18H23N3OS. The summed E-state index contributed by atoms with van der Waals surface area (Å²) in [6.45, 7) is 7.02. The molecular weight excluding hydrogens is 306 g/mol. The van der Waals surface area contributed by atoms with Crippen molar-refractivity contribution < 1.29 is 4.74 Å². The molecule has 0 aliphatic carbocycles. The van der Waals surface area contributed by atoms with Crippen molar-refractivity contribution in [3.8, 4) is 0 Å². The number of hydrogen-bond donors (Lipinski definition) is 0. The second kappa shape index (κ2) is 6.59. The highest BCUT2D eigenvalue weighted by molar-refractivity contribution is 7.07. The van der Waals surface area contributed by atoms with Crippen LogP contribution in [0.5, 0.6) is 0 Å². The Balaban J connectivity index is 1.46. The molecule has 2 aliphatic rings. The Morgan fingerprint density at radius 2 is 2.22 bits per heavy atom. The third kappa shape index (κ3) is 3.42. The molecule has 2 aromatic heterocycles. The maximum absolute atomic E-state index is 5.98. The minimum Gasteiger partial charge on any atom is -0.379 e. The summed E-state index contributed by atoms with van der Waals surface area (Å²) in [5.41, 5.74) is 1.66. The van der Waals surface area contributed by atoms with E-state index in [0.29, 0.717) is 0 Å². The van der Waals surface area contributed by atoms with Crippen LogP contribution in [0.4, 0.5) is 5.82 Å². The highest BCUT2D eigenvalue weighted by atomic mass is 32.1. The van der Waals surface area contributed by atoms with Gasteiger partial charge in [-0.05, 0) is 40.9 Å². The number of hydrogen-bond acceptors (Lipinski definition) is 5. The highest BCUT2D eigenvalue weighted by Crippen LogP contribution is 2.35. The molecule has 1 spiro atoms. The number of nitrogens with zero attached hydrogens (tertiary/aromatic N) is 3. The van der Waals surface area contributed by atoms with Gasteiger partial charge in [0.15, 0.2) is 0 Å². The van der Waals surface area contributed by atoms with Gasteiger partial charge in [0, 0.05) is 44.3 Å². The second-order valence-electron chi connectivity index (χ2n) is 6.75. The zero-order valence-corrected chi connectivity index (χ0v) is 14.2. The molecule has 4 rings (SSSR count). The van der Waals surface area contributed by atoms with Crippen molar-refractivity contribution in [3.05, 3.63) is 46.8 Å². The molecule has 0 aromatic carbocycles. The summed E-state index contributed by atoms with van der Waals surface area (Å²) in [6, 6.07) is 8.39. The highest BCUT2D eigenvalue weighted by Gasteiger charge is 2.41. The zero-order valence-electron chi connectivity index (χ0n) is 13.4. The lowest BCUT2D eigenvalue weighted by atomic mass is 9.87. The number of anilines is 1. The van der Waals surface area contributed by atoms with Crippen molar-refractivity contribution in [2.75, 3.05) is 44.3 Å². The first-order chi connectivity index (χ1) is 11.3. The summed E-state index contributed by atoms with van der Waals surface area (Å²) in [5.74, 6) is 1.10. The molecule has 2 aliphatic heterocycles. The molecule has 0 unspecified atom stereocenters. The van der Waals surface area contributed by atoms with Crippen LogP contribution in [0.2, 0.25) is 0 Å². The van der Waals surface area contributed by atoms with Gasteiger partial charge in [-0.1, -0.05) is 6.07 Å². The summed E-state index contributed by atoms with van der Waals surface area (Å²) in [6.07, 6.45) is 3.07. The number of ether oxygens (including phenoxy) is 1. The predicted molar refractivity (Wildman–Crippen MR) is 93.9 cm³/mol. The minimum atomic E-state index is 0.240. The molecule has 2 saturated heterocycles. The van der Waals surface area contributed by atoms with E-state index >= 15 is 0 Å². The lowest BCUT2D eigenvalue weighted by Gasteiger charge is -2.31. The normalized spacial score (nSPS) is 25.8. The van der Waals surface area contributed by atoms with Gasteiger partial charge in [-0.15, -0.1) is 0 Å². The lowest BCUT2D eigenvalue weighted by molar-refractivity contribution is 0.0798. The maximum Gasteiger partial charge on any atom is 0.128 e. The van der Waals surface area contributed by atoms with Gasteiger partial charge in [0.25, 0.3) is 0 Å². The number of thiophene rings is 1. The van der Waals surface area contributed by atoms with Crippen molar-refractivity contribution in [2.24, 2.45) is 5.41 Å². The first-order valence-corrected chi connectivity index (χ1v) is 9.25. The molecule has 23 heavy (non-hydrogen) atoms. The van der Waals surface area contributed by atoms with Gasteiger partial charge in [-0.2, -0.15) is 11.3 Å². The molecule has 1 atom stereocenters. The van der Waals surface area contributed by atoms with Gasteiger partial charge in [0.2, 0.25) is 0 Å². The quantitative estimate of drug-likeness (QED) is 0.866. The third-order valence-electron chi connectivity index (χ3n) is 4.92. The van der Waals surface area contributed by atoms with Crippen LogP contribution in [-0.4, -0.2) is 49.3 Å². The molecule has 4 nitrogen and oxygen atoms in total. The fraction of sp³-hybridized carbons (Fsp3) is 0.500. The smallest absolute Gasteiger partial charge is 0.128 e. The molecule has 0 N–H and O–H groups in total. The largest absolute Gasteiger partial charge is 0.379 e. The molecule has 2 aromatic rings. The standard InChI is InChI=1S/C18H23N3OS/c1-2-6-19-17(3-1)21-7-5-18(14-21)13-20(8-9-22-15-18)11-16-4-10-23-12-16/h1-4,6,10,12H,5,7-9,11,13-15H2/t18-/m1/s1. The van der Waals surface area contributed by atoms with E-state index in [1.165, 1.54) is 12.0 Å². The Kier molecular flexibility index (Phi) is 4.33. The van der Waals surface area contributed by atoms with Crippen LogP contribution < -0.4 is 4.90 Å². The molecule has 0 amide bonds. The first-order valence-electron chi connectivity index (χ1n) is 8.30. The summed E-state index contributed by atoms with van der Waals surface area (Å²) < 4.78 is 5.98. The summed E-state index contributed by atoms with van der Waals surface area (Å²) in [5, 5.41) is 4.42. The summed E-state index contributed by atoms with van der Waals surface area (Å²) in [4.78, 5) is 9.50. The van der Waals surface area contributed by atoms with Gasteiger partial charge < -0.3 is 9.64 Å². The van der Waals surface area contributed by atoms with Crippen LogP contribution in [0.25, 0.3) is 0 Å². The van der Waals surface area contributed by atoms with E-state index < -0.39 is 0 Å². The van der Waals surface area contributed by atoms with Crippen molar-refractivity contribution >= 4 is 17.2 Å². The van der Waals surface area contributed by atoms with Crippen LogP contribution in [-0.2, 0) is 11.3 Å². The summed E-state index contributed by atoms with van der Waals surface area (Å²) in [7, 11) is 0. The predicted octanol–water partition coefficient (Wildman–Crippen LogP) is 2.87. The van der Waals surface area contributed by atoms with Crippen molar-refractivity contribution in [3.63, 3.8) is 0 Å². The van der Waals surface area contributed by atoms with E-state index in [2.05, 4.69) is 43.7 Å². The summed E-state index contributed by atoms with van der Waals surface area (Å²) >= 11 is 1.78. The van der Waals surface area contributed by atoms with Crippen molar-refractivity contribution in [2.45, 2.75) is 13.0 Å². The van der Waals surface area contributed by atoms with E-state index in [1.807, 2.05) is 12.3 Å². The van der Waals surface area contributed by atoms with E-state index in [1.54, 1.807) is 11.3 Å². The van der Waals surface area contributed by atoms with Crippen LogP contribution in [0.3, 0.4) is 0 Å². The Bertz CT molecular complexity index is 618. The Morgan fingerprint density at radius 1 is 1.22 bits per heavy atom. The Hall–Kier alpha value is -1.43. The van der Waals surface area contributed by atoms with Crippen LogP contribution in [0.15, 0.2) is 41.2 Å². The average Bonchev–Trinajstić information content (AvgIpc) is 3.18. The van der Waals surface area contributed by atoms with Gasteiger partial charge in [0.1, 0.15) is 5.82 Å². The SMILES string of the molecule is c1ccc(N2CC[C@]3(COCCN(Cc4ccsc4)C3)C2)nc1. The zero-order chi connectivity index (χ0) is 15.5. The Morgan fingerprint density at radius 3 is 3.04 bits per heavy atom. The number of aromatic nitrogens is 1. The van der Waals surface area contributed by atoms with E-state index in [9.17, 15) is 0 Å². The first kappa shape index (κ1) is 15.1. The van der Waals surface area contributed by atoms with Crippen molar-refractivity contribution in [1.82, 2.24) is 9.88 Å². The lowest BCUT2D eigenvalue weighted by Crippen LogP contribution is -2.40. The topological polar surface area (TPSA) is 28.6 Å². The van der Waals surface area contributed by atoms with E-state index in [4.69, 9.17) is 4.74 Å². The second-order valence-corrected chi connectivity index (χ2v) is 7.53. The maximum atomic E-state index is 5.98. The number of rotatable bonds is 3. The fourth-order valence-electron chi connectivity index (χ4n) is 3.78. The third-order valence-corrected chi connectivity index (χ3v) is 5.65. The van der Waals surface area contributed by atoms with E-state index in [-0.39, 0.29) is 5.41 Å². The van der Waals surface area contributed by atoms with Crippen LogP contribution in [0.1, 0.15) is 12.0 Å². The molecule has 122 valence electrons. The van der Waals surface area contributed by atoms with E-state index in [0.717, 1.165) is 51.8 Å². The van der Waals surface area contributed by atoms with Crippen LogP contribution in [0, 0.1) is 5.41 Å².